The van der Waals surface area contributed by atoms with E-state index in [1.807, 2.05) is 20.2 Å². The lowest BCUT2D eigenvalue weighted by Crippen LogP contribution is -2.16. The number of carbonyl (C=O) groups excluding carboxylic acids is 1. The molecule has 0 saturated heterocycles. The van der Waals surface area contributed by atoms with Gasteiger partial charge >= 0.3 is 6.09 Å². The topological polar surface area (TPSA) is 82.2 Å². The minimum Gasteiger partial charge on any atom is -0.493 e. The molecule has 0 aliphatic heterocycles. The van der Waals surface area contributed by atoms with E-state index in [0.717, 1.165) is 30.3 Å². The van der Waals surface area contributed by atoms with E-state index in [2.05, 4.69) is 15.2 Å². The number of ether oxygens (including phenoxy) is 4. The van der Waals surface area contributed by atoms with Crippen LogP contribution in [-0.4, -0.2) is 57.4 Å². The van der Waals surface area contributed by atoms with Gasteiger partial charge in [-0.05, 0) is 69.9 Å². The van der Waals surface area contributed by atoms with Gasteiger partial charge in [-0.1, -0.05) is 0 Å². The Morgan fingerprint density at radius 3 is 2.38 bits per heavy atom. The van der Waals surface area contributed by atoms with Gasteiger partial charge in [0, 0.05) is 23.3 Å². The number of methoxy groups -OCH3 is 2. The Morgan fingerprint density at radius 2 is 1.69 bits per heavy atom. The van der Waals surface area contributed by atoms with Gasteiger partial charge in [-0.3, -0.25) is 10.3 Å². The molecule has 170 valence electrons. The van der Waals surface area contributed by atoms with Crippen molar-refractivity contribution in [2.75, 3.05) is 46.8 Å². The summed E-state index contributed by atoms with van der Waals surface area (Å²) in [7, 11) is 7.21. The number of hydrogen-bond donors (Lipinski definition) is 1. The Kier molecular flexibility index (Phi) is 8.10. The van der Waals surface area contributed by atoms with Crippen LogP contribution in [0.15, 0.2) is 48.7 Å². The first-order valence-corrected chi connectivity index (χ1v) is 10.4. The summed E-state index contributed by atoms with van der Waals surface area (Å²) in [5.74, 6) is 2.45. The summed E-state index contributed by atoms with van der Waals surface area (Å²) >= 11 is 0. The van der Waals surface area contributed by atoms with E-state index in [-0.39, 0.29) is 0 Å². The van der Waals surface area contributed by atoms with Crippen molar-refractivity contribution in [1.29, 1.82) is 0 Å². The first-order valence-electron chi connectivity index (χ1n) is 10.4. The fourth-order valence-corrected chi connectivity index (χ4v) is 3.12. The van der Waals surface area contributed by atoms with Gasteiger partial charge in [0.15, 0.2) is 11.5 Å². The highest BCUT2D eigenvalue weighted by Gasteiger charge is 2.11. The second kappa shape index (κ2) is 11.2. The number of benzene rings is 2. The van der Waals surface area contributed by atoms with Crippen LogP contribution in [0.5, 0.6) is 23.0 Å². The normalized spacial score (nSPS) is 10.8. The number of fused-ring (bicyclic) bond motifs is 1. The number of amides is 1. The third kappa shape index (κ3) is 6.24. The Labute approximate surface area is 188 Å². The smallest absolute Gasteiger partial charge is 0.411 e. The lowest BCUT2D eigenvalue weighted by atomic mass is 10.2. The van der Waals surface area contributed by atoms with Crippen LogP contribution in [0.25, 0.3) is 10.9 Å². The molecule has 1 aromatic heterocycles. The molecule has 0 bridgehead atoms. The monoisotopic (exact) mass is 439 g/mol. The van der Waals surface area contributed by atoms with Crippen LogP contribution in [0.2, 0.25) is 0 Å². The number of hydrogen-bond acceptors (Lipinski definition) is 7. The van der Waals surface area contributed by atoms with Crippen LogP contribution in [0.4, 0.5) is 10.5 Å². The maximum atomic E-state index is 11.9. The van der Waals surface area contributed by atoms with Gasteiger partial charge < -0.3 is 23.8 Å². The molecule has 3 rings (SSSR count). The second-order valence-corrected chi connectivity index (χ2v) is 7.43. The molecule has 0 aliphatic carbocycles. The summed E-state index contributed by atoms with van der Waals surface area (Å²) in [6.45, 7) is 1.36. The highest BCUT2D eigenvalue weighted by molar-refractivity contribution is 5.88. The minimum absolute atomic E-state index is 0.393. The van der Waals surface area contributed by atoms with Crippen molar-refractivity contribution in [1.82, 2.24) is 9.88 Å². The lowest BCUT2D eigenvalue weighted by molar-refractivity contribution is 0.158. The van der Waals surface area contributed by atoms with Crippen LogP contribution < -0.4 is 19.5 Å². The van der Waals surface area contributed by atoms with Gasteiger partial charge in [-0.25, -0.2) is 4.79 Å². The lowest BCUT2D eigenvalue weighted by Gasteiger charge is -2.13. The first-order chi connectivity index (χ1) is 15.5. The fourth-order valence-electron chi connectivity index (χ4n) is 3.12. The van der Waals surface area contributed by atoms with Gasteiger partial charge in [0.05, 0.1) is 26.3 Å². The number of pyridine rings is 1. The zero-order valence-corrected chi connectivity index (χ0v) is 18.9. The second-order valence-electron chi connectivity index (χ2n) is 7.43. The summed E-state index contributed by atoms with van der Waals surface area (Å²) in [6.07, 6.45) is 3.02. The molecule has 1 N–H and O–H groups in total. The standard InChI is InChI=1S/C24H29N3O5/c1-27(2)13-5-6-14-31-24(28)26-17-7-9-18(10-8-17)32-21-11-12-25-20-16-23(30-4)22(29-3)15-19(20)21/h7-12,15-16H,5-6,13-14H2,1-4H3,(H,26,28). The summed E-state index contributed by atoms with van der Waals surface area (Å²) in [6, 6.07) is 12.5. The zero-order chi connectivity index (χ0) is 22.9. The highest BCUT2D eigenvalue weighted by atomic mass is 16.5. The van der Waals surface area contributed by atoms with Crippen LogP contribution in [0.3, 0.4) is 0 Å². The van der Waals surface area contributed by atoms with Crippen molar-refractivity contribution in [3.05, 3.63) is 48.7 Å². The molecule has 0 atom stereocenters. The van der Waals surface area contributed by atoms with E-state index >= 15 is 0 Å². The fraction of sp³-hybridized carbons (Fsp3) is 0.333. The number of anilines is 1. The van der Waals surface area contributed by atoms with E-state index in [1.54, 1.807) is 56.8 Å². The van der Waals surface area contributed by atoms with Crippen LogP contribution in [0, 0.1) is 0 Å². The van der Waals surface area contributed by atoms with E-state index < -0.39 is 6.09 Å². The van der Waals surface area contributed by atoms with Crippen LogP contribution in [0.1, 0.15) is 12.8 Å². The molecule has 8 nitrogen and oxygen atoms in total. The predicted octanol–water partition coefficient (Wildman–Crippen LogP) is 4.93. The first kappa shape index (κ1) is 23.1. The molecular weight excluding hydrogens is 410 g/mol. The largest absolute Gasteiger partial charge is 0.493 e. The highest BCUT2D eigenvalue weighted by Crippen LogP contribution is 2.36. The number of unbranched alkanes of at least 4 members (excludes halogenated alkanes) is 1. The van der Waals surface area contributed by atoms with Gasteiger partial charge in [0.1, 0.15) is 11.5 Å². The molecule has 0 aliphatic rings. The maximum Gasteiger partial charge on any atom is 0.411 e. The Bertz CT molecular complexity index is 1040. The third-order valence-electron chi connectivity index (χ3n) is 4.77. The molecular formula is C24H29N3O5. The average Bonchev–Trinajstić information content (AvgIpc) is 2.79. The molecule has 1 amide bonds. The Balaban J connectivity index is 1.61. The quantitative estimate of drug-likeness (QED) is 0.448. The van der Waals surface area contributed by atoms with Crippen molar-refractivity contribution < 1.29 is 23.7 Å². The van der Waals surface area contributed by atoms with Crippen molar-refractivity contribution in [2.45, 2.75) is 12.8 Å². The molecule has 0 fully saturated rings. The number of carbonyl (C=O) groups is 1. The van der Waals surface area contributed by atoms with E-state index in [0.29, 0.717) is 35.3 Å². The molecule has 1 heterocycles. The van der Waals surface area contributed by atoms with Gasteiger partial charge in [-0.15, -0.1) is 0 Å². The van der Waals surface area contributed by atoms with Gasteiger partial charge in [0.25, 0.3) is 0 Å². The van der Waals surface area contributed by atoms with E-state index in [1.165, 1.54) is 0 Å². The summed E-state index contributed by atoms with van der Waals surface area (Å²) in [4.78, 5) is 18.4. The van der Waals surface area contributed by atoms with Crippen molar-refractivity contribution >= 4 is 22.7 Å². The van der Waals surface area contributed by atoms with E-state index in [9.17, 15) is 4.79 Å². The van der Waals surface area contributed by atoms with E-state index in [4.69, 9.17) is 18.9 Å². The van der Waals surface area contributed by atoms with Gasteiger partial charge in [0.2, 0.25) is 0 Å². The minimum atomic E-state index is -0.468. The molecule has 0 saturated carbocycles. The maximum absolute atomic E-state index is 11.9. The Morgan fingerprint density at radius 1 is 0.969 bits per heavy atom. The predicted molar refractivity (Wildman–Crippen MR) is 124 cm³/mol. The number of rotatable bonds is 10. The van der Waals surface area contributed by atoms with Crippen LogP contribution >= 0.6 is 0 Å². The molecule has 0 unspecified atom stereocenters. The molecule has 3 aromatic rings. The Hall–Kier alpha value is -3.52. The number of nitrogens with zero attached hydrogens (tertiary/aromatic N) is 2. The van der Waals surface area contributed by atoms with Crippen molar-refractivity contribution in [2.24, 2.45) is 0 Å². The van der Waals surface area contributed by atoms with Crippen LogP contribution in [-0.2, 0) is 4.74 Å². The molecule has 8 heteroatoms. The SMILES string of the molecule is COc1cc2nccc(Oc3ccc(NC(=O)OCCCCN(C)C)cc3)c2cc1OC. The van der Waals surface area contributed by atoms with Crippen molar-refractivity contribution in [3.63, 3.8) is 0 Å². The molecule has 2 aromatic carbocycles. The molecule has 0 radical (unpaired) electrons. The molecule has 32 heavy (non-hydrogen) atoms. The summed E-state index contributed by atoms with van der Waals surface area (Å²) < 4.78 is 22.0. The summed E-state index contributed by atoms with van der Waals surface area (Å²) in [5.41, 5.74) is 1.35. The number of aromatic nitrogens is 1. The third-order valence-corrected chi connectivity index (χ3v) is 4.77. The van der Waals surface area contributed by atoms with Gasteiger partial charge in [-0.2, -0.15) is 0 Å². The summed E-state index contributed by atoms with van der Waals surface area (Å²) in [5, 5.41) is 3.52. The molecule has 0 spiro atoms. The number of nitrogens with one attached hydrogen (secondary N) is 1. The zero-order valence-electron chi connectivity index (χ0n) is 18.9. The van der Waals surface area contributed by atoms with Crippen molar-refractivity contribution in [3.8, 4) is 23.0 Å². The average molecular weight is 440 g/mol.